The molecule has 4 fully saturated rings. The summed E-state index contributed by atoms with van der Waals surface area (Å²) in [5.41, 5.74) is 0.564. The van der Waals surface area contributed by atoms with Crippen LogP contribution in [-0.4, -0.2) is 74.9 Å². The van der Waals surface area contributed by atoms with E-state index in [1.807, 2.05) is 6.07 Å². The third-order valence-electron chi connectivity index (χ3n) is 10.4. The van der Waals surface area contributed by atoms with Gasteiger partial charge in [-0.05, 0) is 80.9 Å². The van der Waals surface area contributed by atoms with Crippen molar-refractivity contribution in [2.24, 2.45) is 17.8 Å². The number of alkyl carbamates (subject to hydrolysis) is 1. The number of ether oxygens (including phenoxy) is 1. The van der Waals surface area contributed by atoms with Gasteiger partial charge in [0, 0.05) is 50.6 Å². The fourth-order valence-electron chi connectivity index (χ4n) is 8.44. The summed E-state index contributed by atoms with van der Waals surface area (Å²) < 4.78 is 48.8. The second-order valence-electron chi connectivity index (χ2n) is 12.7. The average molecular weight is 596 g/mol. The van der Waals surface area contributed by atoms with Gasteiger partial charge in [0.25, 0.3) is 0 Å². The predicted molar refractivity (Wildman–Crippen MR) is 157 cm³/mol. The number of likely N-dealkylation sites (tertiary alicyclic amines) is 2. The number of nitrogens with one attached hydrogen (secondary N) is 1. The van der Waals surface area contributed by atoms with Crippen molar-refractivity contribution in [1.82, 2.24) is 15.1 Å². The van der Waals surface area contributed by atoms with E-state index in [-0.39, 0.29) is 40.5 Å². The number of carbonyl (C=O) groups excluding carboxylic acids is 1. The molecule has 1 N–H and O–H groups in total. The summed E-state index contributed by atoms with van der Waals surface area (Å²) in [6.45, 7) is 5.71. The number of carbonyl (C=O) groups is 1. The van der Waals surface area contributed by atoms with Gasteiger partial charge in [0.2, 0.25) is 0 Å². The molecule has 2 aromatic carbocycles. The molecule has 10 heteroatoms. The fraction of sp³-hybridized carbons (Fsp3) is 0.576. The van der Waals surface area contributed by atoms with Crippen LogP contribution in [0.1, 0.15) is 49.7 Å². The van der Waals surface area contributed by atoms with E-state index in [1.165, 1.54) is 13.2 Å². The molecular weight excluding hydrogens is 555 g/mol. The Labute approximate surface area is 251 Å². The predicted octanol–water partition coefficient (Wildman–Crippen LogP) is 5.25. The van der Waals surface area contributed by atoms with Crippen LogP contribution >= 0.6 is 0 Å². The molecule has 3 saturated heterocycles. The minimum atomic E-state index is -0.692. The second kappa shape index (κ2) is 12.4. The highest BCUT2D eigenvalue weighted by atomic mass is 19.1. The van der Waals surface area contributed by atoms with Gasteiger partial charge >= 0.3 is 6.09 Å². The van der Waals surface area contributed by atoms with Crippen molar-refractivity contribution >= 4 is 11.8 Å². The third-order valence-corrected chi connectivity index (χ3v) is 10.4. The average Bonchev–Trinajstić information content (AvgIpc) is 3.41. The van der Waals surface area contributed by atoms with Crippen LogP contribution in [0.5, 0.6) is 0 Å². The maximum absolute atomic E-state index is 14.8. The Morgan fingerprint density at radius 2 is 1.74 bits per heavy atom. The molecule has 0 bridgehead atoms. The standard InChI is InChI=1S/C33H40F3N5O2/c1-43-32(42)38-30-8-3-7-27(30)33(41-11-4-12-41,25-5-2-6-26(34)17-25)24-9-13-39(14-10-24)19-23-20-40(21-23)31-28(35)15-22(18-37)16-29(31)36/h2,5-6,15-17,23-24,27,30H,3-4,7-14,19-21H2,1H3,(H,38,42)/t27-,30-,33?/m0/s1. The van der Waals surface area contributed by atoms with Crippen molar-refractivity contribution in [2.45, 2.75) is 50.1 Å². The molecule has 1 amide bonds. The number of methoxy groups -OCH3 is 1. The first-order valence-corrected chi connectivity index (χ1v) is 15.6. The first-order valence-electron chi connectivity index (χ1n) is 15.6. The zero-order valence-electron chi connectivity index (χ0n) is 24.7. The highest BCUT2D eigenvalue weighted by Crippen LogP contribution is 2.54. The molecule has 6 rings (SSSR count). The van der Waals surface area contributed by atoms with Gasteiger partial charge in [-0.3, -0.25) is 4.90 Å². The Bertz CT molecular complexity index is 1340. The van der Waals surface area contributed by atoms with Crippen molar-refractivity contribution in [3.8, 4) is 6.07 Å². The highest BCUT2D eigenvalue weighted by Gasteiger charge is 2.56. The molecule has 230 valence electrons. The van der Waals surface area contributed by atoms with Crippen LogP contribution in [0.4, 0.5) is 23.7 Å². The Morgan fingerprint density at radius 3 is 2.35 bits per heavy atom. The zero-order valence-corrected chi connectivity index (χ0v) is 24.7. The van der Waals surface area contributed by atoms with Gasteiger partial charge in [-0.25, -0.2) is 18.0 Å². The normalized spacial score (nSPS) is 25.0. The smallest absolute Gasteiger partial charge is 0.407 e. The minimum absolute atomic E-state index is 0.0174. The number of anilines is 1. The summed E-state index contributed by atoms with van der Waals surface area (Å²) in [6, 6.07) is 11.0. The van der Waals surface area contributed by atoms with Crippen LogP contribution in [0, 0.1) is 46.5 Å². The van der Waals surface area contributed by atoms with Gasteiger partial charge in [-0.1, -0.05) is 18.6 Å². The van der Waals surface area contributed by atoms with E-state index in [9.17, 15) is 18.0 Å². The minimum Gasteiger partial charge on any atom is -0.453 e. The van der Waals surface area contributed by atoms with Gasteiger partial charge < -0.3 is 19.9 Å². The number of nitrogens with zero attached hydrogens (tertiary/aromatic N) is 4. The Kier molecular flexibility index (Phi) is 8.56. The number of piperidine rings is 1. The summed E-state index contributed by atoms with van der Waals surface area (Å²) in [5.74, 6) is -0.888. The van der Waals surface area contributed by atoms with Gasteiger partial charge in [0.05, 0.1) is 24.3 Å². The molecule has 1 saturated carbocycles. The lowest BCUT2D eigenvalue weighted by Crippen LogP contribution is -2.65. The molecule has 1 unspecified atom stereocenters. The van der Waals surface area contributed by atoms with Crippen molar-refractivity contribution in [1.29, 1.82) is 5.26 Å². The maximum Gasteiger partial charge on any atom is 0.407 e. The molecule has 7 nitrogen and oxygen atoms in total. The molecule has 0 spiro atoms. The summed E-state index contributed by atoms with van der Waals surface area (Å²) >= 11 is 0. The van der Waals surface area contributed by atoms with Crippen LogP contribution in [0.15, 0.2) is 36.4 Å². The van der Waals surface area contributed by atoms with Crippen LogP contribution in [-0.2, 0) is 10.3 Å². The Balaban J connectivity index is 1.17. The van der Waals surface area contributed by atoms with Gasteiger partial charge in [0.15, 0.2) is 11.6 Å². The Morgan fingerprint density at radius 1 is 1.02 bits per heavy atom. The topological polar surface area (TPSA) is 71.8 Å². The molecule has 0 aromatic heterocycles. The summed E-state index contributed by atoms with van der Waals surface area (Å²) in [4.78, 5) is 19.1. The van der Waals surface area contributed by atoms with Crippen molar-refractivity contribution in [3.63, 3.8) is 0 Å². The van der Waals surface area contributed by atoms with E-state index in [1.54, 1.807) is 17.0 Å². The van der Waals surface area contributed by atoms with Crippen molar-refractivity contribution in [2.75, 3.05) is 57.8 Å². The fourth-order valence-corrected chi connectivity index (χ4v) is 8.44. The number of benzene rings is 2. The third kappa shape index (κ3) is 5.58. The van der Waals surface area contributed by atoms with Crippen LogP contribution in [0.25, 0.3) is 0 Å². The van der Waals surface area contributed by atoms with E-state index in [4.69, 9.17) is 10.00 Å². The molecule has 3 atom stereocenters. The quantitative estimate of drug-likeness (QED) is 0.450. The van der Waals surface area contributed by atoms with Gasteiger partial charge in [-0.15, -0.1) is 0 Å². The summed E-state index contributed by atoms with van der Waals surface area (Å²) in [5, 5.41) is 12.1. The van der Waals surface area contributed by atoms with Crippen LogP contribution in [0.2, 0.25) is 0 Å². The second-order valence-corrected chi connectivity index (χ2v) is 12.7. The molecule has 3 aliphatic heterocycles. The number of nitriles is 1. The lowest BCUT2D eigenvalue weighted by Gasteiger charge is -2.59. The lowest BCUT2D eigenvalue weighted by atomic mass is 9.62. The first kappa shape index (κ1) is 29.8. The molecule has 4 aliphatic rings. The number of hydrogen-bond donors (Lipinski definition) is 1. The van der Waals surface area contributed by atoms with Crippen LogP contribution < -0.4 is 10.2 Å². The lowest BCUT2D eigenvalue weighted by molar-refractivity contribution is -0.0858. The Hall–Kier alpha value is -3.29. The monoisotopic (exact) mass is 595 g/mol. The van der Waals surface area contributed by atoms with E-state index < -0.39 is 17.7 Å². The molecule has 43 heavy (non-hydrogen) atoms. The van der Waals surface area contributed by atoms with Crippen molar-refractivity contribution < 1.29 is 22.7 Å². The number of amides is 1. The first-order chi connectivity index (χ1) is 20.8. The zero-order chi connectivity index (χ0) is 30.1. The summed E-state index contributed by atoms with van der Waals surface area (Å²) in [7, 11) is 1.39. The van der Waals surface area contributed by atoms with Crippen molar-refractivity contribution in [3.05, 3.63) is 65.0 Å². The maximum atomic E-state index is 14.8. The van der Waals surface area contributed by atoms with Gasteiger partial charge in [-0.2, -0.15) is 5.26 Å². The molecule has 2 aromatic rings. The van der Waals surface area contributed by atoms with E-state index in [0.29, 0.717) is 19.0 Å². The molecule has 1 aliphatic carbocycles. The van der Waals surface area contributed by atoms with Gasteiger partial charge in [0.1, 0.15) is 11.5 Å². The van der Waals surface area contributed by atoms with Crippen LogP contribution in [0.3, 0.4) is 0 Å². The number of rotatable bonds is 8. The SMILES string of the molecule is COC(=O)N[C@H]1CCC[C@@H]1C(c1cccc(F)c1)(C1CCN(CC2CN(c3c(F)cc(C#N)cc3F)C2)CC1)N1CCC1. The summed E-state index contributed by atoms with van der Waals surface area (Å²) in [6.07, 6.45) is 5.43. The van der Waals surface area contributed by atoms with E-state index in [2.05, 4.69) is 21.2 Å². The largest absolute Gasteiger partial charge is 0.453 e. The number of hydrogen-bond acceptors (Lipinski definition) is 6. The van der Waals surface area contributed by atoms with E-state index in [0.717, 1.165) is 88.9 Å². The molecule has 3 heterocycles. The number of halogens is 3. The highest BCUT2D eigenvalue weighted by molar-refractivity contribution is 5.67. The van der Waals surface area contributed by atoms with E-state index >= 15 is 0 Å². The molecular formula is C33H40F3N5O2. The molecule has 0 radical (unpaired) electrons.